The minimum atomic E-state index is -0.541. The Labute approximate surface area is 153 Å². The topological polar surface area (TPSA) is 54.4 Å². The Morgan fingerprint density at radius 1 is 1.12 bits per heavy atom. The molecule has 1 aliphatic heterocycles. The molecule has 134 valence electrons. The molecule has 26 heavy (non-hydrogen) atoms. The molecule has 1 fully saturated rings. The molecule has 4 nitrogen and oxygen atoms in total. The second-order valence-electron chi connectivity index (χ2n) is 6.84. The quantitative estimate of drug-likeness (QED) is 0.746. The van der Waals surface area contributed by atoms with Gasteiger partial charge < -0.3 is 15.2 Å². The zero-order chi connectivity index (χ0) is 17.9. The molecule has 4 heteroatoms. The van der Waals surface area contributed by atoms with Crippen LogP contribution in [0.5, 0.6) is 5.75 Å². The largest absolute Gasteiger partial charge is 0.497 e. The van der Waals surface area contributed by atoms with Crippen molar-refractivity contribution in [2.75, 3.05) is 13.7 Å². The molecule has 0 amide bonds. The average Bonchev–Trinajstić information content (AvgIpc) is 2.73. The maximum Gasteiger partial charge on any atom is 0.118 e. The Balaban J connectivity index is 1.79. The Hall–Kier alpha value is -2.43. The molecule has 1 aromatic heterocycles. The van der Waals surface area contributed by atoms with Crippen molar-refractivity contribution in [3.8, 4) is 17.0 Å². The summed E-state index contributed by atoms with van der Waals surface area (Å²) in [6.45, 7) is 0.968. The zero-order valence-corrected chi connectivity index (χ0v) is 15.0. The van der Waals surface area contributed by atoms with Gasteiger partial charge in [-0.3, -0.25) is 0 Å². The number of pyridine rings is 1. The lowest BCUT2D eigenvalue weighted by Crippen LogP contribution is -2.38. The second kappa shape index (κ2) is 7.44. The number of fused-ring (bicyclic) bond motifs is 1. The van der Waals surface area contributed by atoms with Gasteiger partial charge in [-0.1, -0.05) is 24.6 Å². The predicted molar refractivity (Wildman–Crippen MR) is 104 cm³/mol. The van der Waals surface area contributed by atoms with E-state index in [4.69, 9.17) is 9.72 Å². The van der Waals surface area contributed by atoms with Crippen LogP contribution in [0.15, 0.2) is 54.6 Å². The molecule has 0 aliphatic carbocycles. The molecule has 0 saturated carbocycles. The third kappa shape index (κ3) is 3.30. The van der Waals surface area contributed by atoms with Crippen molar-refractivity contribution in [1.82, 2.24) is 10.3 Å². The Morgan fingerprint density at radius 3 is 2.65 bits per heavy atom. The van der Waals surface area contributed by atoms with Crippen LogP contribution in [-0.4, -0.2) is 29.8 Å². The molecule has 2 N–H and O–H groups in total. The number of hydrogen-bond donors (Lipinski definition) is 2. The highest BCUT2D eigenvalue weighted by Crippen LogP contribution is 2.32. The maximum atomic E-state index is 11.1. The monoisotopic (exact) mass is 348 g/mol. The van der Waals surface area contributed by atoms with Gasteiger partial charge in [-0.25, -0.2) is 4.98 Å². The standard InChI is InChI=1S/C22H24N2O2/c1-26-16-11-9-15(10-12-16)21-14-18(17-6-2-3-7-19(17)24-21)22(25)20-8-4-5-13-23-20/h2-3,6-7,9-12,14,20,22-23,25H,4-5,8,13H2,1H3/t20-,22?/m0/s1. The summed E-state index contributed by atoms with van der Waals surface area (Å²) in [6.07, 6.45) is 2.79. The van der Waals surface area contributed by atoms with Crippen molar-refractivity contribution in [1.29, 1.82) is 0 Å². The summed E-state index contributed by atoms with van der Waals surface area (Å²) in [5.74, 6) is 0.821. The normalized spacial score (nSPS) is 18.6. The van der Waals surface area contributed by atoms with E-state index < -0.39 is 6.10 Å². The Bertz CT molecular complexity index is 886. The minimum Gasteiger partial charge on any atom is -0.497 e. The van der Waals surface area contributed by atoms with E-state index in [2.05, 4.69) is 5.32 Å². The van der Waals surface area contributed by atoms with E-state index in [-0.39, 0.29) is 6.04 Å². The van der Waals surface area contributed by atoms with Gasteiger partial charge >= 0.3 is 0 Å². The maximum absolute atomic E-state index is 11.1. The number of para-hydroxylation sites is 1. The first-order chi connectivity index (χ1) is 12.8. The van der Waals surface area contributed by atoms with Crippen molar-refractivity contribution in [3.05, 3.63) is 60.2 Å². The second-order valence-corrected chi connectivity index (χ2v) is 6.84. The third-order valence-electron chi connectivity index (χ3n) is 5.18. The lowest BCUT2D eigenvalue weighted by Gasteiger charge is -2.29. The Kier molecular flexibility index (Phi) is 4.87. The molecule has 4 rings (SSSR count). The van der Waals surface area contributed by atoms with Crippen LogP contribution in [0.2, 0.25) is 0 Å². The molecule has 1 saturated heterocycles. The van der Waals surface area contributed by atoms with E-state index in [9.17, 15) is 5.11 Å². The SMILES string of the molecule is COc1ccc(-c2cc(C(O)[C@@H]3CCCCN3)c3ccccc3n2)cc1. The fraction of sp³-hybridized carbons (Fsp3) is 0.318. The fourth-order valence-corrected chi connectivity index (χ4v) is 3.72. The van der Waals surface area contributed by atoms with E-state index in [1.807, 2.05) is 54.6 Å². The molecule has 2 atom stereocenters. The summed E-state index contributed by atoms with van der Waals surface area (Å²) in [5.41, 5.74) is 3.74. The number of nitrogens with one attached hydrogen (secondary N) is 1. The van der Waals surface area contributed by atoms with Crippen molar-refractivity contribution in [3.63, 3.8) is 0 Å². The van der Waals surface area contributed by atoms with Crippen LogP contribution in [0.4, 0.5) is 0 Å². The number of benzene rings is 2. The van der Waals surface area contributed by atoms with Gasteiger partial charge in [-0.05, 0) is 61.3 Å². The molecule has 0 spiro atoms. The van der Waals surface area contributed by atoms with E-state index in [0.29, 0.717) is 0 Å². The number of piperidine rings is 1. The molecule has 0 radical (unpaired) electrons. The molecule has 0 bridgehead atoms. The van der Waals surface area contributed by atoms with Gasteiger partial charge in [0.05, 0.1) is 24.4 Å². The van der Waals surface area contributed by atoms with Crippen molar-refractivity contribution >= 4 is 10.9 Å². The number of aromatic nitrogens is 1. The molecule has 1 aliphatic rings. The van der Waals surface area contributed by atoms with E-state index in [1.165, 1.54) is 6.42 Å². The van der Waals surface area contributed by atoms with Crippen molar-refractivity contribution in [2.45, 2.75) is 31.4 Å². The van der Waals surface area contributed by atoms with E-state index in [1.54, 1.807) is 7.11 Å². The number of hydrogen-bond acceptors (Lipinski definition) is 4. The van der Waals surface area contributed by atoms with Gasteiger partial charge in [0, 0.05) is 17.0 Å². The first-order valence-corrected chi connectivity index (χ1v) is 9.22. The fourth-order valence-electron chi connectivity index (χ4n) is 3.72. The summed E-state index contributed by atoms with van der Waals surface area (Å²) in [7, 11) is 1.66. The molecule has 2 heterocycles. The molecular formula is C22H24N2O2. The molecule has 1 unspecified atom stereocenters. The summed E-state index contributed by atoms with van der Waals surface area (Å²) in [5, 5.41) is 15.6. The van der Waals surface area contributed by atoms with Crippen LogP contribution in [0.3, 0.4) is 0 Å². The van der Waals surface area contributed by atoms with Crippen molar-refractivity contribution in [2.24, 2.45) is 0 Å². The highest BCUT2D eigenvalue weighted by Gasteiger charge is 2.25. The number of aliphatic hydroxyl groups excluding tert-OH is 1. The first-order valence-electron chi connectivity index (χ1n) is 9.22. The summed E-state index contributed by atoms with van der Waals surface area (Å²) >= 11 is 0. The molecule has 3 aromatic rings. The highest BCUT2D eigenvalue weighted by molar-refractivity contribution is 5.85. The van der Waals surface area contributed by atoms with Gasteiger partial charge in [-0.2, -0.15) is 0 Å². The lowest BCUT2D eigenvalue weighted by molar-refractivity contribution is 0.115. The smallest absolute Gasteiger partial charge is 0.118 e. The number of rotatable bonds is 4. The van der Waals surface area contributed by atoms with Gasteiger partial charge in [0.2, 0.25) is 0 Å². The predicted octanol–water partition coefficient (Wildman–Crippen LogP) is 4.09. The lowest BCUT2D eigenvalue weighted by atomic mass is 9.92. The van der Waals surface area contributed by atoms with Crippen LogP contribution >= 0.6 is 0 Å². The number of ether oxygens (including phenoxy) is 1. The summed E-state index contributed by atoms with van der Waals surface area (Å²) in [4.78, 5) is 4.82. The highest BCUT2D eigenvalue weighted by atomic mass is 16.5. The average molecular weight is 348 g/mol. The minimum absolute atomic E-state index is 0.0956. The molecular weight excluding hydrogens is 324 g/mol. The molecule has 2 aromatic carbocycles. The van der Waals surface area contributed by atoms with E-state index >= 15 is 0 Å². The van der Waals surface area contributed by atoms with Gasteiger partial charge in [0.15, 0.2) is 0 Å². The van der Waals surface area contributed by atoms with Crippen LogP contribution in [-0.2, 0) is 0 Å². The Morgan fingerprint density at radius 2 is 1.92 bits per heavy atom. The van der Waals surface area contributed by atoms with Crippen LogP contribution in [0.25, 0.3) is 22.2 Å². The number of aliphatic hydroxyl groups is 1. The van der Waals surface area contributed by atoms with Crippen LogP contribution in [0.1, 0.15) is 30.9 Å². The van der Waals surface area contributed by atoms with Crippen molar-refractivity contribution < 1.29 is 9.84 Å². The van der Waals surface area contributed by atoms with E-state index in [0.717, 1.165) is 52.9 Å². The van der Waals surface area contributed by atoms with Gasteiger partial charge in [-0.15, -0.1) is 0 Å². The van der Waals surface area contributed by atoms with Crippen LogP contribution < -0.4 is 10.1 Å². The summed E-state index contributed by atoms with van der Waals surface area (Å²) in [6, 6.07) is 18.0. The van der Waals surface area contributed by atoms with Gasteiger partial charge in [0.25, 0.3) is 0 Å². The zero-order valence-electron chi connectivity index (χ0n) is 15.0. The number of methoxy groups -OCH3 is 1. The summed E-state index contributed by atoms with van der Waals surface area (Å²) < 4.78 is 5.25. The van der Waals surface area contributed by atoms with Crippen LogP contribution in [0, 0.1) is 0 Å². The first kappa shape index (κ1) is 17.0. The third-order valence-corrected chi connectivity index (χ3v) is 5.18. The van der Waals surface area contributed by atoms with Gasteiger partial charge in [0.1, 0.15) is 5.75 Å². The number of nitrogens with zero attached hydrogens (tertiary/aromatic N) is 1.